The molecule has 0 aliphatic rings. The summed E-state index contributed by atoms with van der Waals surface area (Å²) in [5.74, 6) is 1.18. The van der Waals surface area contributed by atoms with Gasteiger partial charge in [-0.05, 0) is 60.4 Å². The maximum absolute atomic E-state index is 11.1. The number of ether oxygens (including phenoxy) is 2. The highest BCUT2D eigenvalue weighted by Crippen LogP contribution is 2.36. The lowest BCUT2D eigenvalue weighted by molar-refractivity contribution is -0.384. The molecule has 0 aliphatic heterocycles. The topological polar surface area (TPSA) is 85.4 Å². The summed E-state index contributed by atoms with van der Waals surface area (Å²) in [6, 6.07) is 19.8. The first kappa shape index (κ1) is 24.7. The highest BCUT2D eigenvalue weighted by molar-refractivity contribution is 9.10. The van der Waals surface area contributed by atoms with Gasteiger partial charge in [-0.25, -0.2) is 0 Å². The third-order valence-corrected chi connectivity index (χ3v) is 5.44. The van der Waals surface area contributed by atoms with Gasteiger partial charge in [0.15, 0.2) is 11.5 Å². The van der Waals surface area contributed by atoms with Crippen LogP contribution >= 0.6 is 15.9 Å². The number of hydrogen-bond donors (Lipinski definition) is 0. The van der Waals surface area contributed by atoms with E-state index < -0.39 is 4.92 Å². The molecule has 6 nitrogen and oxygen atoms in total. The summed E-state index contributed by atoms with van der Waals surface area (Å²) in [7, 11) is 0. The fraction of sp³-hybridized carbons (Fsp3) is 0.148. The molecule has 0 heterocycles. The minimum absolute atomic E-state index is 0.0716. The molecule has 7 heteroatoms. The van der Waals surface area contributed by atoms with E-state index in [0.29, 0.717) is 42.3 Å². The lowest BCUT2D eigenvalue weighted by Gasteiger charge is -2.17. The summed E-state index contributed by atoms with van der Waals surface area (Å²) < 4.78 is 13.0. The number of nitro groups is 1. The summed E-state index contributed by atoms with van der Waals surface area (Å²) in [6.45, 7) is 6.54. The third-order valence-electron chi connectivity index (χ3n) is 4.91. The maximum Gasteiger partial charge on any atom is 0.270 e. The SMILES string of the molecule is C=CCc1cc(/C=C(/C#N)c2cccc([N+](=O)[O-])c2)cc(OCC)c1OCc1ccc(Br)cc1. The molecule has 0 spiro atoms. The van der Waals surface area contributed by atoms with E-state index in [-0.39, 0.29) is 5.69 Å². The van der Waals surface area contributed by atoms with E-state index in [1.54, 1.807) is 24.3 Å². The van der Waals surface area contributed by atoms with E-state index >= 15 is 0 Å². The van der Waals surface area contributed by atoms with Gasteiger partial charge in [0.2, 0.25) is 0 Å². The van der Waals surface area contributed by atoms with Crippen LogP contribution in [0.25, 0.3) is 11.6 Å². The Bertz CT molecular complexity index is 1260. The van der Waals surface area contributed by atoms with Gasteiger partial charge in [-0.3, -0.25) is 10.1 Å². The van der Waals surface area contributed by atoms with Gasteiger partial charge in [0.25, 0.3) is 5.69 Å². The zero-order chi connectivity index (χ0) is 24.5. The Hall–Kier alpha value is -3.89. The van der Waals surface area contributed by atoms with Crippen LogP contribution in [-0.2, 0) is 13.0 Å². The zero-order valence-electron chi connectivity index (χ0n) is 18.7. The van der Waals surface area contributed by atoms with Gasteiger partial charge in [0.1, 0.15) is 6.61 Å². The van der Waals surface area contributed by atoms with Gasteiger partial charge >= 0.3 is 0 Å². The predicted molar refractivity (Wildman–Crippen MR) is 137 cm³/mol. The van der Waals surface area contributed by atoms with Gasteiger partial charge < -0.3 is 9.47 Å². The Labute approximate surface area is 207 Å². The van der Waals surface area contributed by atoms with E-state index in [0.717, 1.165) is 21.2 Å². The van der Waals surface area contributed by atoms with Crippen molar-refractivity contribution in [3.63, 3.8) is 0 Å². The number of non-ortho nitro benzene ring substituents is 1. The standard InChI is InChI=1S/C27H23BrN2O4/c1-3-6-22-13-20(14-23(17-29)21-7-5-8-25(16-21)30(31)32)15-26(33-4-2)27(22)34-18-19-9-11-24(28)12-10-19/h3,5,7-16H,1,4,6,18H2,2H3/b23-14-. The number of rotatable bonds is 10. The van der Waals surface area contributed by atoms with E-state index in [4.69, 9.17) is 9.47 Å². The number of benzene rings is 3. The molecular weight excluding hydrogens is 496 g/mol. The summed E-state index contributed by atoms with van der Waals surface area (Å²) >= 11 is 3.43. The summed E-state index contributed by atoms with van der Waals surface area (Å²) in [5.41, 5.74) is 3.30. The largest absolute Gasteiger partial charge is 0.490 e. The molecule has 0 radical (unpaired) electrons. The van der Waals surface area contributed by atoms with Crippen LogP contribution in [-0.4, -0.2) is 11.5 Å². The van der Waals surface area contributed by atoms with Crippen LogP contribution in [0, 0.1) is 21.4 Å². The molecule has 0 aromatic heterocycles. The van der Waals surface area contributed by atoms with Crippen LogP contribution in [0.2, 0.25) is 0 Å². The number of hydrogen-bond acceptors (Lipinski definition) is 5. The molecule has 34 heavy (non-hydrogen) atoms. The second kappa shape index (κ2) is 11.8. The van der Waals surface area contributed by atoms with Gasteiger partial charge in [0.05, 0.1) is 23.2 Å². The number of nitrogens with zero attached hydrogens (tertiary/aromatic N) is 2. The molecule has 3 aromatic rings. The Balaban J connectivity index is 2.01. The molecule has 0 unspecified atom stereocenters. The Morgan fingerprint density at radius 1 is 1.18 bits per heavy atom. The van der Waals surface area contributed by atoms with Crippen LogP contribution in [0.15, 0.2) is 77.8 Å². The second-order valence-electron chi connectivity index (χ2n) is 7.33. The molecule has 0 bridgehead atoms. The Morgan fingerprint density at radius 3 is 2.59 bits per heavy atom. The normalized spacial score (nSPS) is 10.9. The maximum atomic E-state index is 11.1. The van der Waals surface area contributed by atoms with Crippen molar-refractivity contribution in [2.45, 2.75) is 20.0 Å². The first-order valence-corrected chi connectivity index (χ1v) is 11.4. The average Bonchev–Trinajstić information content (AvgIpc) is 2.83. The summed E-state index contributed by atoms with van der Waals surface area (Å²) in [5, 5.41) is 20.9. The Kier molecular flexibility index (Phi) is 8.60. The Morgan fingerprint density at radius 2 is 1.94 bits per heavy atom. The van der Waals surface area contributed by atoms with Crippen LogP contribution in [0.5, 0.6) is 11.5 Å². The molecule has 0 fully saturated rings. The van der Waals surface area contributed by atoms with Crippen LogP contribution in [0.1, 0.15) is 29.2 Å². The molecular formula is C27H23BrN2O4. The summed E-state index contributed by atoms with van der Waals surface area (Å²) in [6.07, 6.45) is 4.00. The highest BCUT2D eigenvalue weighted by atomic mass is 79.9. The minimum Gasteiger partial charge on any atom is -0.490 e. The zero-order valence-corrected chi connectivity index (χ0v) is 20.2. The summed E-state index contributed by atoms with van der Waals surface area (Å²) in [4.78, 5) is 10.7. The van der Waals surface area contributed by atoms with E-state index in [2.05, 4.69) is 28.6 Å². The van der Waals surface area contributed by atoms with Gasteiger partial charge in [0, 0.05) is 22.2 Å². The van der Waals surface area contributed by atoms with E-state index in [1.165, 1.54) is 12.1 Å². The monoisotopic (exact) mass is 518 g/mol. The van der Waals surface area contributed by atoms with Gasteiger partial charge in [-0.1, -0.05) is 46.3 Å². The van der Waals surface area contributed by atoms with Crippen molar-refractivity contribution in [2.24, 2.45) is 0 Å². The quantitative estimate of drug-likeness (QED) is 0.0936. The molecule has 0 saturated heterocycles. The van der Waals surface area contributed by atoms with Crippen molar-refractivity contribution in [2.75, 3.05) is 6.61 Å². The minimum atomic E-state index is -0.481. The average molecular weight is 519 g/mol. The number of nitro benzene ring substituents is 1. The molecule has 0 aliphatic carbocycles. The fourth-order valence-electron chi connectivity index (χ4n) is 3.37. The highest BCUT2D eigenvalue weighted by Gasteiger charge is 2.15. The molecule has 0 atom stereocenters. The van der Waals surface area contributed by atoms with Crippen molar-refractivity contribution >= 4 is 33.3 Å². The molecule has 3 rings (SSSR count). The van der Waals surface area contributed by atoms with Crippen molar-refractivity contribution in [1.29, 1.82) is 5.26 Å². The predicted octanol–water partition coefficient (Wildman–Crippen LogP) is 7.13. The van der Waals surface area contributed by atoms with Crippen LogP contribution in [0.4, 0.5) is 5.69 Å². The molecule has 0 saturated carbocycles. The lowest BCUT2D eigenvalue weighted by atomic mass is 10.0. The van der Waals surface area contributed by atoms with Gasteiger partial charge in [-0.2, -0.15) is 5.26 Å². The van der Waals surface area contributed by atoms with Crippen molar-refractivity contribution in [3.8, 4) is 17.6 Å². The van der Waals surface area contributed by atoms with Crippen LogP contribution in [0.3, 0.4) is 0 Å². The van der Waals surface area contributed by atoms with E-state index in [1.807, 2.05) is 43.3 Å². The molecule has 3 aromatic carbocycles. The first-order chi connectivity index (χ1) is 16.4. The smallest absolute Gasteiger partial charge is 0.270 e. The third kappa shape index (κ3) is 6.33. The molecule has 172 valence electrons. The van der Waals surface area contributed by atoms with Crippen LogP contribution < -0.4 is 9.47 Å². The van der Waals surface area contributed by atoms with Crippen molar-refractivity contribution < 1.29 is 14.4 Å². The number of halogens is 1. The number of nitriles is 1. The van der Waals surface area contributed by atoms with Gasteiger partial charge in [-0.15, -0.1) is 6.58 Å². The molecule has 0 N–H and O–H groups in total. The molecule has 0 amide bonds. The lowest BCUT2D eigenvalue weighted by Crippen LogP contribution is -2.03. The first-order valence-electron chi connectivity index (χ1n) is 10.6. The van der Waals surface area contributed by atoms with Crippen molar-refractivity contribution in [1.82, 2.24) is 0 Å². The number of allylic oxidation sites excluding steroid dienone is 2. The van der Waals surface area contributed by atoms with E-state index in [9.17, 15) is 15.4 Å². The fourth-order valence-corrected chi connectivity index (χ4v) is 3.63. The second-order valence-corrected chi connectivity index (χ2v) is 8.24. The van der Waals surface area contributed by atoms with Crippen molar-refractivity contribution in [3.05, 3.63) is 110 Å².